The minimum atomic E-state index is -4.05. The van der Waals surface area contributed by atoms with Crippen molar-refractivity contribution in [2.75, 3.05) is 6.61 Å². The first-order valence-corrected chi connectivity index (χ1v) is 7.45. The second-order valence-corrected chi connectivity index (χ2v) is 5.89. The number of alkyl halides is 2. The summed E-state index contributed by atoms with van der Waals surface area (Å²) in [6.07, 6.45) is -7.34. The first-order chi connectivity index (χ1) is 12.0. The van der Waals surface area contributed by atoms with Crippen LogP contribution in [0.15, 0.2) is 5.11 Å². The van der Waals surface area contributed by atoms with E-state index >= 15 is 0 Å². The van der Waals surface area contributed by atoms with Gasteiger partial charge in [-0.05, 0) is 0 Å². The molecule has 11 nitrogen and oxygen atoms in total. The minimum Gasteiger partial charge on any atom is -0.477 e. The lowest BCUT2D eigenvalue weighted by Crippen LogP contribution is -2.70. The Morgan fingerprint density at radius 3 is 2.42 bits per heavy atom. The molecular weight excluding hydrogens is 362 g/mol. The van der Waals surface area contributed by atoms with Crippen molar-refractivity contribution < 1.29 is 43.2 Å². The zero-order valence-electron chi connectivity index (χ0n) is 13.8. The molecule has 0 aromatic carbocycles. The second kappa shape index (κ2) is 8.36. The highest BCUT2D eigenvalue weighted by Crippen LogP contribution is 2.36. The Morgan fingerprint density at radius 2 is 2.00 bits per heavy atom. The Bertz CT molecular complexity index is 628. The number of ketones is 1. The van der Waals surface area contributed by atoms with E-state index in [-0.39, 0.29) is 0 Å². The molecule has 0 bridgehead atoms. The van der Waals surface area contributed by atoms with E-state index in [1.54, 1.807) is 0 Å². The summed E-state index contributed by atoms with van der Waals surface area (Å²) in [5.41, 5.74) is 6.71. The number of hydrogen-bond acceptors (Lipinski definition) is 8. The number of nitrogens with one attached hydrogen (secondary N) is 2. The third-order valence-corrected chi connectivity index (χ3v) is 3.74. The van der Waals surface area contributed by atoms with Crippen molar-refractivity contribution in [2.45, 2.75) is 50.2 Å². The van der Waals surface area contributed by atoms with Crippen molar-refractivity contribution in [1.29, 1.82) is 5.53 Å². The smallest absolute Gasteiger partial charge is 0.372 e. The maximum atomic E-state index is 14.5. The number of carbonyl (C=O) groups excluding carboxylic acids is 2. The summed E-state index contributed by atoms with van der Waals surface area (Å²) in [4.78, 5) is 37.8. The number of amides is 1. The molecule has 0 aliphatic carbocycles. The van der Waals surface area contributed by atoms with Crippen molar-refractivity contribution in [1.82, 2.24) is 10.2 Å². The van der Waals surface area contributed by atoms with Gasteiger partial charge in [-0.15, -0.1) is 0 Å². The molecule has 1 aliphatic rings. The van der Waals surface area contributed by atoms with Crippen molar-refractivity contribution in [3.8, 4) is 0 Å². The maximum Gasteiger partial charge on any atom is 0.372 e. The number of aliphatic hydroxyl groups is 2. The molecular formula is C13H19F2N4O7+. The number of carbonyl (C=O) groups is 3. The van der Waals surface area contributed by atoms with Crippen LogP contribution in [0.4, 0.5) is 8.78 Å². The van der Waals surface area contributed by atoms with Crippen LogP contribution in [0.3, 0.4) is 0 Å². The van der Waals surface area contributed by atoms with Crippen LogP contribution in [-0.4, -0.2) is 75.9 Å². The molecule has 1 fully saturated rings. The average molecular weight is 381 g/mol. The summed E-state index contributed by atoms with van der Waals surface area (Å²) < 4.78 is 33.5. The molecule has 0 spiro atoms. The number of hydrogen-bond donors (Lipinski definition) is 5. The number of halogens is 2. The molecule has 0 aromatic rings. The molecule has 26 heavy (non-hydrogen) atoms. The van der Waals surface area contributed by atoms with Crippen LogP contribution in [0.1, 0.15) is 13.8 Å². The van der Waals surface area contributed by atoms with E-state index in [1.165, 1.54) is 13.8 Å². The summed E-state index contributed by atoms with van der Waals surface area (Å²) in [5, 5.41) is 32.5. The topological polar surface area (TPSA) is 183 Å². The molecule has 5 N–H and O–H groups in total. The van der Waals surface area contributed by atoms with Crippen LogP contribution in [0.25, 0.3) is 0 Å². The van der Waals surface area contributed by atoms with Crippen LogP contribution >= 0.6 is 0 Å². The quantitative estimate of drug-likeness (QED) is 0.261. The SMILES string of the molecule is CC(C)C(=O)NC1C(C(=O)C(O)CO)OC(F)(C(=O)O)C(F)C1N=[N+]=N. The van der Waals surface area contributed by atoms with Crippen LogP contribution in [-0.2, 0) is 19.1 Å². The van der Waals surface area contributed by atoms with Gasteiger partial charge in [-0.3, -0.25) is 9.59 Å². The summed E-state index contributed by atoms with van der Waals surface area (Å²) in [5.74, 6) is -9.28. The Morgan fingerprint density at radius 1 is 1.42 bits per heavy atom. The molecule has 0 radical (unpaired) electrons. The third kappa shape index (κ3) is 4.07. The number of nitrogens with zero attached hydrogens (tertiary/aromatic N) is 2. The number of carboxylic acids is 1. The van der Waals surface area contributed by atoms with Crippen molar-refractivity contribution in [3.63, 3.8) is 0 Å². The molecule has 1 saturated heterocycles. The van der Waals surface area contributed by atoms with Gasteiger partial charge in [-0.25, -0.2) is 9.18 Å². The van der Waals surface area contributed by atoms with Crippen LogP contribution in [0.5, 0.6) is 0 Å². The van der Waals surface area contributed by atoms with E-state index in [1.807, 2.05) is 0 Å². The molecule has 1 rings (SSSR count). The second-order valence-electron chi connectivity index (χ2n) is 5.89. The van der Waals surface area contributed by atoms with Crippen molar-refractivity contribution in [3.05, 3.63) is 0 Å². The van der Waals surface area contributed by atoms with Crippen molar-refractivity contribution >= 4 is 17.7 Å². The normalized spacial score (nSPS) is 32.4. The highest BCUT2D eigenvalue weighted by atomic mass is 19.2. The third-order valence-electron chi connectivity index (χ3n) is 3.74. The molecule has 0 saturated carbocycles. The van der Waals surface area contributed by atoms with Gasteiger partial charge < -0.3 is 25.4 Å². The number of aliphatic carboxylic acids is 1. The molecule has 1 amide bonds. The zero-order valence-corrected chi connectivity index (χ0v) is 13.8. The number of ether oxygens (including phenoxy) is 1. The Balaban J connectivity index is 3.45. The van der Waals surface area contributed by atoms with Gasteiger partial charge in [0.05, 0.1) is 12.6 Å². The number of carboxylic acid groups (broad SMARTS) is 1. The van der Waals surface area contributed by atoms with E-state index in [0.717, 1.165) is 0 Å². The summed E-state index contributed by atoms with van der Waals surface area (Å²) in [6.45, 7) is 1.78. The van der Waals surface area contributed by atoms with Gasteiger partial charge in [0.1, 0.15) is 22.9 Å². The fraction of sp³-hybridized carbons (Fsp3) is 0.769. The van der Waals surface area contributed by atoms with E-state index in [9.17, 15) is 28.3 Å². The predicted octanol–water partition coefficient (Wildman–Crippen LogP) is -1.54. The fourth-order valence-electron chi connectivity index (χ4n) is 2.28. The number of Topliss-reactive ketones (excluding diaryl/α,β-unsaturated/α-hetero) is 1. The summed E-state index contributed by atoms with van der Waals surface area (Å²) in [6, 6.07) is -3.88. The van der Waals surface area contributed by atoms with E-state index in [4.69, 9.17) is 15.7 Å². The largest absolute Gasteiger partial charge is 0.477 e. The predicted molar refractivity (Wildman–Crippen MR) is 77.2 cm³/mol. The van der Waals surface area contributed by atoms with Crippen LogP contribution < -0.4 is 10.2 Å². The van der Waals surface area contributed by atoms with Gasteiger partial charge in [0.15, 0.2) is 11.8 Å². The Labute approximate surface area is 145 Å². The molecule has 1 heterocycles. The molecule has 0 aromatic heterocycles. The molecule has 6 atom stereocenters. The van der Waals surface area contributed by atoms with E-state index in [2.05, 4.69) is 20.1 Å². The molecule has 6 unspecified atom stereocenters. The molecule has 146 valence electrons. The average Bonchev–Trinajstić information content (AvgIpc) is 2.59. The summed E-state index contributed by atoms with van der Waals surface area (Å²) >= 11 is 0. The standard InChI is InChI=1S/C13H18F2N4O7/c1-4(2)11(23)17-6-7(18-19-16)10(14)13(15,12(24)25)26-9(6)8(22)5(21)3-20/h4-7,9-10,16,20-21H,3H2,1-2H3,(H-,17,23,24,25)/p+1. The van der Waals surface area contributed by atoms with Crippen molar-refractivity contribution in [2.24, 2.45) is 11.0 Å². The number of aliphatic hydroxyl groups excluding tert-OH is 2. The zero-order chi connectivity index (χ0) is 20.2. The highest BCUT2D eigenvalue weighted by molar-refractivity contribution is 5.90. The minimum absolute atomic E-state index is 0.670. The summed E-state index contributed by atoms with van der Waals surface area (Å²) in [7, 11) is 0. The lowest BCUT2D eigenvalue weighted by molar-refractivity contribution is -0.254. The van der Waals surface area contributed by atoms with Crippen LogP contribution in [0.2, 0.25) is 0 Å². The number of rotatable bonds is 7. The lowest BCUT2D eigenvalue weighted by Gasteiger charge is -2.41. The highest BCUT2D eigenvalue weighted by Gasteiger charge is 2.65. The monoisotopic (exact) mass is 381 g/mol. The Kier molecular flexibility index (Phi) is 6.98. The van der Waals surface area contributed by atoms with Gasteiger partial charge in [0, 0.05) is 5.92 Å². The molecule has 13 heteroatoms. The van der Waals surface area contributed by atoms with E-state index in [0.29, 0.717) is 0 Å². The van der Waals surface area contributed by atoms with E-state index < -0.39 is 66.5 Å². The van der Waals surface area contributed by atoms with Crippen LogP contribution in [0, 0.1) is 11.4 Å². The van der Waals surface area contributed by atoms with Gasteiger partial charge in [-0.1, -0.05) is 13.8 Å². The maximum absolute atomic E-state index is 14.5. The van der Waals surface area contributed by atoms with Gasteiger partial charge in [0.2, 0.25) is 17.0 Å². The van der Waals surface area contributed by atoms with Gasteiger partial charge in [-0.2, -0.15) is 4.39 Å². The first-order valence-electron chi connectivity index (χ1n) is 7.45. The lowest BCUT2D eigenvalue weighted by atomic mass is 9.87. The fourth-order valence-corrected chi connectivity index (χ4v) is 2.28. The van der Waals surface area contributed by atoms with Gasteiger partial charge >= 0.3 is 11.8 Å². The Hall–Kier alpha value is -2.34. The van der Waals surface area contributed by atoms with Gasteiger partial charge in [0.25, 0.3) is 0 Å². The first kappa shape index (κ1) is 21.7. The molecule has 1 aliphatic heterocycles.